The number of hydrogen-bond acceptors (Lipinski definition) is 5. The lowest BCUT2D eigenvalue weighted by Crippen LogP contribution is -2.27. The second-order valence-electron chi connectivity index (χ2n) is 7.80. The van der Waals surface area contributed by atoms with Crippen LogP contribution in [0.1, 0.15) is 16.7 Å². The van der Waals surface area contributed by atoms with Gasteiger partial charge < -0.3 is 10.1 Å². The van der Waals surface area contributed by atoms with Crippen LogP contribution >= 0.6 is 24.0 Å². The van der Waals surface area contributed by atoms with Gasteiger partial charge in [0.1, 0.15) is 5.75 Å². The molecule has 1 saturated heterocycles. The van der Waals surface area contributed by atoms with Gasteiger partial charge in [-0.2, -0.15) is 13.2 Å². The number of para-hydroxylation sites is 1. The molecular weight excluding hydrogens is 509 g/mol. The summed E-state index contributed by atoms with van der Waals surface area (Å²) in [5.74, 6) is -0.598. The van der Waals surface area contributed by atoms with Crippen LogP contribution in [0.4, 0.5) is 24.5 Å². The third-order valence-electron chi connectivity index (χ3n) is 5.14. The molecule has 0 radical (unpaired) electrons. The Morgan fingerprint density at radius 1 is 1.06 bits per heavy atom. The number of carbonyl (C=O) groups excluding carboxylic acids is 2. The molecule has 1 fully saturated rings. The number of halogens is 3. The summed E-state index contributed by atoms with van der Waals surface area (Å²) in [6.07, 6.45) is -2.88. The monoisotopic (exact) mass is 528 g/mol. The van der Waals surface area contributed by atoms with Gasteiger partial charge in [0, 0.05) is 0 Å². The van der Waals surface area contributed by atoms with Crippen LogP contribution in [0.25, 0.3) is 6.08 Å². The number of ether oxygens (including phenoxy) is 1. The highest BCUT2D eigenvalue weighted by Gasteiger charge is 2.34. The molecule has 36 heavy (non-hydrogen) atoms. The van der Waals surface area contributed by atoms with Gasteiger partial charge in [-0.05, 0) is 55.0 Å². The summed E-state index contributed by atoms with van der Waals surface area (Å²) in [6.45, 7) is 1.49. The van der Waals surface area contributed by atoms with Crippen molar-refractivity contribution >= 4 is 57.6 Å². The van der Waals surface area contributed by atoms with Gasteiger partial charge in [0.15, 0.2) is 10.9 Å². The lowest BCUT2D eigenvalue weighted by atomic mass is 10.1. The van der Waals surface area contributed by atoms with Gasteiger partial charge in [-0.25, -0.2) is 0 Å². The fourth-order valence-electron chi connectivity index (χ4n) is 3.37. The van der Waals surface area contributed by atoms with E-state index in [1.54, 1.807) is 30.3 Å². The highest BCUT2D eigenvalue weighted by Crippen LogP contribution is 2.36. The number of hydrogen-bond donors (Lipinski definition) is 1. The zero-order valence-corrected chi connectivity index (χ0v) is 20.5. The predicted octanol–water partition coefficient (Wildman–Crippen LogP) is 6.44. The summed E-state index contributed by atoms with van der Waals surface area (Å²) in [5, 5.41) is 2.23. The first-order valence-corrected chi connectivity index (χ1v) is 11.9. The summed E-state index contributed by atoms with van der Waals surface area (Å²) in [7, 11) is 0. The SMILES string of the molecule is Cc1ccc(N2C(=O)/C(=C/c3ccc(OCC(=O)Nc4ccccc4C(F)(F)F)cc3)SC2=S)cc1. The average molecular weight is 529 g/mol. The Bertz CT molecular complexity index is 1340. The Balaban J connectivity index is 1.37. The molecule has 2 amide bonds. The zero-order chi connectivity index (χ0) is 25.9. The number of rotatable bonds is 6. The number of anilines is 2. The van der Waals surface area contributed by atoms with Crippen molar-refractivity contribution in [1.29, 1.82) is 0 Å². The topological polar surface area (TPSA) is 58.6 Å². The minimum atomic E-state index is -4.59. The first-order valence-electron chi connectivity index (χ1n) is 10.7. The van der Waals surface area contributed by atoms with Crippen molar-refractivity contribution in [2.45, 2.75) is 13.1 Å². The van der Waals surface area contributed by atoms with Crippen LogP contribution in [0.5, 0.6) is 5.75 Å². The predicted molar refractivity (Wildman–Crippen MR) is 139 cm³/mol. The molecule has 3 aromatic carbocycles. The maximum Gasteiger partial charge on any atom is 0.418 e. The number of aryl methyl sites for hydroxylation is 1. The molecule has 3 aromatic rings. The molecule has 0 bridgehead atoms. The van der Waals surface area contributed by atoms with Gasteiger partial charge in [-0.1, -0.05) is 65.9 Å². The zero-order valence-electron chi connectivity index (χ0n) is 18.8. The van der Waals surface area contributed by atoms with E-state index in [9.17, 15) is 22.8 Å². The van der Waals surface area contributed by atoms with E-state index in [-0.39, 0.29) is 11.6 Å². The minimum Gasteiger partial charge on any atom is -0.484 e. The lowest BCUT2D eigenvalue weighted by molar-refractivity contribution is -0.137. The summed E-state index contributed by atoms with van der Waals surface area (Å²) < 4.78 is 45.1. The van der Waals surface area contributed by atoms with Gasteiger partial charge in [-0.3, -0.25) is 14.5 Å². The van der Waals surface area contributed by atoms with E-state index in [0.717, 1.165) is 17.2 Å². The number of thioether (sulfide) groups is 1. The van der Waals surface area contributed by atoms with Gasteiger partial charge in [0.05, 0.1) is 21.8 Å². The van der Waals surface area contributed by atoms with Crippen LogP contribution in [0.2, 0.25) is 0 Å². The Morgan fingerprint density at radius 2 is 1.72 bits per heavy atom. The van der Waals surface area contributed by atoms with E-state index in [4.69, 9.17) is 17.0 Å². The standard InChI is InChI=1S/C26H19F3N2O3S2/c1-16-6-10-18(11-7-16)31-24(33)22(36-25(31)35)14-17-8-12-19(13-9-17)34-15-23(32)30-21-5-3-2-4-20(21)26(27,28)29/h2-14H,15H2,1H3,(H,30,32)/b22-14-. The molecule has 0 saturated carbocycles. The van der Waals surface area contributed by atoms with Crippen molar-refractivity contribution in [2.75, 3.05) is 16.8 Å². The molecule has 0 unspecified atom stereocenters. The summed E-state index contributed by atoms with van der Waals surface area (Å²) in [5.41, 5.74) is 1.22. The number of benzene rings is 3. The van der Waals surface area contributed by atoms with Crippen LogP contribution in [0, 0.1) is 6.92 Å². The third-order valence-corrected chi connectivity index (χ3v) is 6.44. The Morgan fingerprint density at radius 3 is 2.39 bits per heavy atom. The molecule has 0 aromatic heterocycles. The molecule has 0 atom stereocenters. The second-order valence-corrected chi connectivity index (χ2v) is 9.48. The quantitative estimate of drug-likeness (QED) is 0.295. The largest absolute Gasteiger partial charge is 0.484 e. The van der Waals surface area contributed by atoms with E-state index < -0.39 is 24.3 Å². The normalized spacial score (nSPS) is 14.9. The molecule has 0 aliphatic carbocycles. The highest BCUT2D eigenvalue weighted by molar-refractivity contribution is 8.27. The Hall–Kier alpha value is -3.63. The minimum absolute atomic E-state index is 0.218. The fraction of sp³-hybridized carbons (Fsp3) is 0.115. The Labute approximate surface area is 214 Å². The number of alkyl halides is 3. The lowest BCUT2D eigenvalue weighted by Gasteiger charge is -2.14. The first kappa shape index (κ1) is 25.5. The van der Waals surface area contributed by atoms with Crippen molar-refractivity contribution < 1.29 is 27.5 Å². The van der Waals surface area contributed by atoms with Crippen LogP contribution in [-0.4, -0.2) is 22.7 Å². The molecule has 5 nitrogen and oxygen atoms in total. The van der Waals surface area contributed by atoms with E-state index in [1.165, 1.54) is 34.9 Å². The number of nitrogens with one attached hydrogen (secondary N) is 1. The molecule has 1 aliphatic heterocycles. The summed E-state index contributed by atoms with van der Waals surface area (Å²) >= 11 is 6.59. The Kier molecular flexibility index (Phi) is 7.46. The van der Waals surface area contributed by atoms with E-state index in [0.29, 0.717) is 20.7 Å². The molecule has 0 spiro atoms. The third kappa shape index (κ3) is 5.95. The molecule has 4 rings (SSSR count). The molecule has 184 valence electrons. The van der Waals surface area contributed by atoms with Crippen molar-refractivity contribution in [3.63, 3.8) is 0 Å². The van der Waals surface area contributed by atoms with Crippen LogP contribution in [0.3, 0.4) is 0 Å². The van der Waals surface area contributed by atoms with Gasteiger partial charge >= 0.3 is 6.18 Å². The highest BCUT2D eigenvalue weighted by atomic mass is 32.2. The molecule has 1 N–H and O–H groups in total. The molecular formula is C26H19F3N2O3S2. The van der Waals surface area contributed by atoms with Gasteiger partial charge in [0.2, 0.25) is 0 Å². The summed E-state index contributed by atoms with van der Waals surface area (Å²) in [4.78, 5) is 27.0. The number of nitrogens with zero attached hydrogens (tertiary/aromatic N) is 1. The molecule has 1 aliphatic rings. The van der Waals surface area contributed by atoms with Gasteiger partial charge in [0.25, 0.3) is 11.8 Å². The maximum absolute atomic E-state index is 13.1. The van der Waals surface area contributed by atoms with E-state index in [2.05, 4.69) is 5.32 Å². The maximum atomic E-state index is 13.1. The summed E-state index contributed by atoms with van der Waals surface area (Å²) in [6, 6.07) is 18.8. The van der Waals surface area contributed by atoms with Crippen molar-refractivity contribution in [2.24, 2.45) is 0 Å². The van der Waals surface area contributed by atoms with Gasteiger partial charge in [-0.15, -0.1) is 0 Å². The van der Waals surface area contributed by atoms with Crippen molar-refractivity contribution in [3.05, 3.63) is 94.4 Å². The second kappa shape index (κ2) is 10.5. The number of carbonyl (C=O) groups is 2. The fourth-order valence-corrected chi connectivity index (χ4v) is 4.67. The van der Waals surface area contributed by atoms with Crippen molar-refractivity contribution in [3.8, 4) is 5.75 Å². The smallest absolute Gasteiger partial charge is 0.418 e. The van der Waals surface area contributed by atoms with E-state index in [1.807, 2.05) is 31.2 Å². The molecule has 10 heteroatoms. The van der Waals surface area contributed by atoms with Crippen LogP contribution in [-0.2, 0) is 15.8 Å². The number of amides is 2. The molecule has 1 heterocycles. The van der Waals surface area contributed by atoms with Crippen LogP contribution < -0.4 is 15.0 Å². The van der Waals surface area contributed by atoms with Crippen LogP contribution in [0.15, 0.2) is 77.7 Å². The van der Waals surface area contributed by atoms with Crippen molar-refractivity contribution in [1.82, 2.24) is 0 Å². The first-order chi connectivity index (χ1) is 17.1. The average Bonchev–Trinajstić information content (AvgIpc) is 3.11. The number of thiocarbonyl (C=S) groups is 1. The van der Waals surface area contributed by atoms with E-state index >= 15 is 0 Å².